The SMILES string of the molecule is Cc1n[nH]c(C)c1[C@H](C)CC(=O)O[C@@H](C)C(=O)Nc1cc(Cl)ccc1Cl. The van der Waals surface area contributed by atoms with E-state index in [0.29, 0.717) is 15.7 Å². The number of esters is 1. The van der Waals surface area contributed by atoms with Crippen molar-refractivity contribution >= 4 is 40.8 Å². The Morgan fingerprint density at radius 2 is 1.96 bits per heavy atom. The quantitative estimate of drug-likeness (QED) is 0.707. The van der Waals surface area contributed by atoms with Crippen molar-refractivity contribution in [1.29, 1.82) is 0 Å². The summed E-state index contributed by atoms with van der Waals surface area (Å²) in [6.45, 7) is 7.21. The van der Waals surface area contributed by atoms with Gasteiger partial charge >= 0.3 is 5.97 Å². The average Bonchev–Trinajstić information content (AvgIpc) is 2.89. The highest BCUT2D eigenvalue weighted by molar-refractivity contribution is 6.35. The van der Waals surface area contributed by atoms with Gasteiger partial charge < -0.3 is 10.1 Å². The topological polar surface area (TPSA) is 84.1 Å². The number of rotatable bonds is 6. The lowest BCUT2D eigenvalue weighted by molar-refractivity contribution is -0.153. The molecule has 0 fully saturated rings. The maximum absolute atomic E-state index is 12.2. The molecule has 0 aliphatic heterocycles. The summed E-state index contributed by atoms with van der Waals surface area (Å²) < 4.78 is 5.25. The molecule has 6 nitrogen and oxygen atoms in total. The summed E-state index contributed by atoms with van der Waals surface area (Å²) in [7, 11) is 0. The minimum atomic E-state index is -0.962. The van der Waals surface area contributed by atoms with Crippen LogP contribution in [0.1, 0.15) is 43.1 Å². The lowest BCUT2D eigenvalue weighted by Crippen LogP contribution is -2.30. The van der Waals surface area contributed by atoms with Crippen molar-refractivity contribution in [1.82, 2.24) is 10.2 Å². The monoisotopic (exact) mass is 397 g/mol. The fourth-order valence-corrected chi connectivity index (χ4v) is 3.10. The Hall–Kier alpha value is -2.05. The van der Waals surface area contributed by atoms with Gasteiger partial charge in [0.15, 0.2) is 6.10 Å². The average molecular weight is 398 g/mol. The standard InChI is InChI=1S/C18H21Cl2N3O3/c1-9(17-10(2)22-23-11(17)3)7-16(24)26-12(4)18(25)21-15-8-13(19)5-6-14(15)20/h5-6,8-9,12H,7H2,1-4H3,(H,21,25)(H,22,23)/t9-,12+/m1/s1. The van der Waals surface area contributed by atoms with Gasteiger partial charge in [0.2, 0.25) is 0 Å². The summed E-state index contributed by atoms with van der Waals surface area (Å²) in [6, 6.07) is 4.72. The van der Waals surface area contributed by atoms with E-state index >= 15 is 0 Å². The first-order chi connectivity index (χ1) is 12.2. The molecule has 1 aromatic heterocycles. The molecule has 0 aliphatic rings. The molecule has 0 spiro atoms. The van der Waals surface area contributed by atoms with Crippen molar-refractivity contribution in [3.05, 3.63) is 45.2 Å². The third-order valence-corrected chi connectivity index (χ3v) is 4.58. The van der Waals surface area contributed by atoms with Gasteiger partial charge in [-0.1, -0.05) is 30.1 Å². The van der Waals surface area contributed by atoms with Crippen molar-refractivity contribution < 1.29 is 14.3 Å². The molecule has 1 amide bonds. The van der Waals surface area contributed by atoms with E-state index in [1.807, 2.05) is 20.8 Å². The third kappa shape index (κ3) is 4.99. The molecule has 0 saturated carbocycles. The van der Waals surface area contributed by atoms with Crippen molar-refractivity contribution in [2.45, 2.75) is 46.1 Å². The zero-order chi connectivity index (χ0) is 19.4. The van der Waals surface area contributed by atoms with E-state index in [4.69, 9.17) is 27.9 Å². The molecule has 2 N–H and O–H groups in total. The van der Waals surface area contributed by atoms with Crippen LogP contribution in [0.4, 0.5) is 5.69 Å². The summed E-state index contributed by atoms with van der Waals surface area (Å²) in [5.41, 5.74) is 3.13. The molecule has 0 bridgehead atoms. The molecular weight excluding hydrogens is 377 g/mol. The van der Waals surface area contributed by atoms with Crippen LogP contribution in [0.15, 0.2) is 18.2 Å². The number of nitrogens with one attached hydrogen (secondary N) is 2. The number of ether oxygens (including phenoxy) is 1. The Bertz CT molecular complexity index is 801. The van der Waals surface area contributed by atoms with E-state index in [2.05, 4.69) is 15.5 Å². The number of hydrogen-bond donors (Lipinski definition) is 2. The number of aryl methyl sites for hydroxylation is 2. The number of carbonyl (C=O) groups is 2. The fraction of sp³-hybridized carbons (Fsp3) is 0.389. The first-order valence-corrected chi connectivity index (χ1v) is 8.91. The molecule has 2 rings (SSSR count). The number of carbonyl (C=O) groups excluding carboxylic acids is 2. The minimum absolute atomic E-state index is 0.0705. The van der Waals surface area contributed by atoms with Crippen molar-refractivity contribution in [2.75, 3.05) is 5.32 Å². The summed E-state index contributed by atoms with van der Waals surface area (Å²) >= 11 is 11.9. The second kappa shape index (κ2) is 8.56. The van der Waals surface area contributed by atoms with Crippen LogP contribution in [-0.2, 0) is 14.3 Å². The van der Waals surface area contributed by atoms with Gasteiger partial charge in [-0.25, -0.2) is 0 Å². The molecule has 26 heavy (non-hydrogen) atoms. The Morgan fingerprint density at radius 3 is 2.58 bits per heavy atom. The van der Waals surface area contributed by atoms with Crippen LogP contribution >= 0.6 is 23.2 Å². The molecule has 0 saturated heterocycles. The lowest BCUT2D eigenvalue weighted by Gasteiger charge is -2.16. The number of hydrogen-bond acceptors (Lipinski definition) is 4. The number of nitrogens with zero attached hydrogens (tertiary/aromatic N) is 1. The normalized spacial score (nSPS) is 13.2. The maximum Gasteiger partial charge on any atom is 0.307 e. The highest BCUT2D eigenvalue weighted by Gasteiger charge is 2.23. The molecule has 140 valence electrons. The maximum atomic E-state index is 12.2. The van der Waals surface area contributed by atoms with Crippen molar-refractivity contribution in [3.8, 4) is 0 Å². The van der Waals surface area contributed by atoms with Gasteiger partial charge in [-0.3, -0.25) is 14.7 Å². The Labute approximate surface area is 162 Å². The lowest BCUT2D eigenvalue weighted by atomic mass is 9.96. The highest BCUT2D eigenvalue weighted by atomic mass is 35.5. The number of amides is 1. The van der Waals surface area contributed by atoms with Crippen LogP contribution in [0.25, 0.3) is 0 Å². The van der Waals surface area contributed by atoms with Gasteiger partial charge in [-0.2, -0.15) is 5.10 Å². The summed E-state index contributed by atoms with van der Waals surface area (Å²) in [5.74, 6) is -1.01. The van der Waals surface area contributed by atoms with E-state index in [1.54, 1.807) is 12.1 Å². The highest BCUT2D eigenvalue weighted by Crippen LogP contribution is 2.26. The first-order valence-electron chi connectivity index (χ1n) is 8.16. The molecule has 2 aromatic rings. The second-order valence-corrected chi connectivity index (χ2v) is 7.04. The van der Waals surface area contributed by atoms with E-state index < -0.39 is 18.0 Å². The number of benzene rings is 1. The molecule has 1 aromatic carbocycles. The smallest absolute Gasteiger partial charge is 0.307 e. The van der Waals surface area contributed by atoms with E-state index in [9.17, 15) is 9.59 Å². The summed E-state index contributed by atoms with van der Waals surface area (Å²) in [6.07, 6.45) is -0.812. The van der Waals surface area contributed by atoms with Gasteiger partial charge in [0.25, 0.3) is 5.91 Å². The Kier molecular flexibility index (Phi) is 6.67. The molecule has 2 atom stereocenters. The Morgan fingerprint density at radius 1 is 1.27 bits per heavy atom. The molecule has 0 unspecified atom stereocenters. The molecule has 1 heterocycles. The predicted octanol–water partition coefficient (Wildman–Crippen LogP) is 4.40. The molecule has 0 radical (unpaired) electrons. The van der Waals surface area contributed by atoms with Crippen molar-refractivity contribution in [2.24, 2.45) is 0 Å². The number of anilines is 1. The molecular formula is C18H21Cl2N3O3. The Balaban J connectivity index is 1.94. The number of aromatic amines is 1. The second-order valence-electron chi connectivity index (χ2n) is 6.20. The van der Waals surface area contributed by atoms with Gasteiger partial charge in [-0.15, -0.1) is 0 Å². The van der Waals surface area contributed by atoms with E-state index in [0.717, 1.165) is 17.0 Å². The summed E-state index contributed by atoms with van der Waals surface area (Å²) in [5, 5.41) is 10.4. The largest absolute Gasteiger partial charge is 0.453 e. The van der Waals surface area contributed by atoms with Crippen LogP contribution in [0, 0.1) is 13.8 Å². The summed E-state index contributed by atoms with van der Waals surface area (Å²) in [4.78, 5) is 24.4. The fourth-order valence-electron chi connectivity index (χ4n) is 2.76. The van der Waals surface area contributed by atoms with Gasteiger partial charge in [0.05, 0.1) is 22.8 Å². The number of aromatic nitrogens is 2. The zero-order valence-electron chi connectivity index (χ0n) is 15.0. The van der Waals surface area contributed by atoms with Crippen LogP contribution < -0.4 is 5.32 Å². The zero-order valence-corrected chi connectivity index (χ0v) is 16.5. The van der Waals surface area contributed by atoms with E-state index in [-0.39, 0.29) is 12.3 Å². The predicted molar refractivity (Wildman–Crippen MR) is 102 cm³/mol. The first kappa shape index (κ1) is 20.3. The van der Waals surface area contributed by atoms with Gasteiger partial charge in [0.1, 0.15) is 0 Å². The molecule has 8 heteroatoms. The van der Waals surface area contributed by atoms with Crippen LogP contribution in [0.2, 0.25) is 10.0 Å². The van der Waals surface area contributed by atoms with Gasteiger partial charge in [-0.05, 0) is 50.5 Å². The van der Waals surface area contributed by atoms with Gasteiger partial charge in [0, 0.05) is 10.7 Å². The number of H-pyrrole nitrogens is 1. The van der Waals surface area contributed by atoms with Crippen LogP contribution in [0.3, 0.4) is 0 Å². The molecule has 0 aliphatic carbocycles. The van der Waals surface area contributed by atoms with E-state index in [1.165, 1.54) is 13.0 Å². The number of halogens is 2. The van der Waals surface area contributed by atoms with Crippen LogP contribution in [-0.4, -0.2) is 28.2 Å². The third-order valence-electron chi connectivity index (χ3n) is 4.01. The minimum Gasteiger partial charge on any atom is -0.453 e. The van der Waals surface area contributed by atoms with Crippen LogP contribution in [0.5, 0.6) is 0 Å². The van der Waals surface area contributed by atoms with Crippen molar-refractivity contribution in [3.63, 3.8) is 0 Å².